The maximum absolute atomic E-state index is 9.38. The maximum atomic E-state index is 9.38. The van der Waals surface area contributed by atoms with Crippen molar-refractivity contribution in [1.82, 2.24) is 4.98 Å². The number of aryl methyl sites for hydroxylation is 1. The number of hydrogen-bond acceptors (Lipinski definition) is 4. The second-order valence-corrected chi connectivity index (χ2v) is 6.41. The molecule has 2 aromatic rings. The predicted octanol–water partition coefficient (Wildman–Crippen LogP) is 3.64. The van der Waals surface area contributed by atoms with E-state index in [1.807, 2.05) is 12.3 Å². The third kappa shape index (κ3) is 3.08. The second kappa shape index (κ2) is 6.43. The Bertz CT molecular complexity index is 805. The fourth-order valence-corrected chi connectivity index (χ4v) is 3.42. The first-order valence-electron chi connectivity index (χ1n) is 7.80. The highest BCUT2D eigenvalue weighted by molar-refractivity contribution is 7.71. The molecular formula is C18H20N4S. The Balaban J connectivity index is 1.83. The number of pyridine rings is 1. The number of nitrogens with zero attached hydrogens (tertiary/aromatic N) is 3. The number of H-pyrrole nitrogens is 1. The molecule has 0 aliphatic carbocycles. The maximum Gasteiger partial charge on any atom is 0.123 e. The highest BCUT2D eigenvalue weighted by atomic mass is 32.1. The Morgan fingerprint density at radius 1 is 1.30 bits per heavy atom. The highest BCUT2D eigenvalue weighted by Gasteiger charge is 2.25. The van der Waals surface area contributed by atoms with E-state index >= 15 is 0 Å². The lowest BCUT2D eigenvalue weighted by atomic mass is 10.1. The second-order valence-electron chi connectivity index (χ2n) is 6.01. The standard InChI is InChI=1S/C18H20N4S/c1-13-4-3-5-15(10-13)22-9-8-21(12-14(22)2)17-6-7-20-18(23)16(17)11-19/h3-7,10,14H,8-9,12H2,1-2H3,(H,20,23). The van der Waals surface area contributed by atoms with Gasteiger partial charge in [-0.3, -0.25) is 0 Å². The third-order valence-corrected chi connectivity index (χ3v) is 4.67. The summed E-state index contributed by atoms with van der Waals surface area (Å²) in [7, 11) is 0. The van der Waals surface area contributed by atoms with Crippen LogP contribution in [0.2, 0.25) is 0 Å². The fourth-order valence-electron chi connectivity index (χ4n) is 3.21. The summed E-state index contributed by atoms with van der Waals surface area (Å²) in [6, 6.07) is 13.2. The molecule has 0 amide bonds. The van der Waals surface area contributed by atoms with Crippen LogP contribution in [0.5, 0.6) is 0 Å². The van der Waals surface area contributed by atoms with Crippen molar-refractivity contribution in [2.24, 2.45) is 0 Å². The van der Waals surface area contributed by atoms with E-state index in [0.29, 0.717) is 16.2 Å². The van der Waals surface area contributed by atoms with Crippen LogP contribution in [0, 0.1) is 22.9 Å². The summed E-state index contributed by atoms with van der Waals surface area (Å²) in [5.74, 6) is 0. The molecule has 1 unspecified atom stereocenters. The molecule has 0 radical (unpaired) electrons. The zero-order valence-corrected chi connectivity index (χ0v) is 14.2. The lowest BCUT2D eigenvalue weighted by Gasteiger charge is -2.42. The number of anilines is 2. The van der Waals surface area contributed by atoms with Gasteiger partial charge in [0.2, 0.25) is 0 Å². The van der Waals surface area contributed by atoms with Crippen LogP contribution in [0.15, 0.2) is 36.5 Å². The number of aromatic nitrogens is 1. The lowest BCUT2D eigenvalue weighted by molar-refractivity contribution is 0.550. The van der Waals surface area contributed by atoms with Crippen molar-refractivity contribution >= 4 is 23.6 Å². The predicted molar refractivity (Wildman–Crippen MR) is 96.5 cm³/mol. The smallest absolute Gasteiger partial charge is 0.123 e. The molecule has 3 rings (SSSR count). The summed E-state index contributed by atoms with van der Waals surface area (Å²) in [6.45, 7) is 7.04. The van der Waals surface area contributed by atoms with Gasteiger partial charge >= 0.3 is 0 Å². The minimum absolute atomic E-state index is 0.370. The first kappa shape index (κ1) is 15.6. The molecular weight excluding hydrogens is 304 g/mol. The Morgan fingerprint density at radius 3 is 2.83 bits per heavy atom. The van der Waals surface area contributed by atoms with Gasteiger partial charge in [0, 0.05) is 37.6 Å². The summed E-state index contributed by atoms with van der Waals surface area (Å²) < 4.78 is 0.513. The van der Waals surface area contributed by atoms with Gasteiger partial charge in [-0.2, -0.15) is 5.26 Å². The van der Waals surface area contributed by atoms with Gasteiger partial charge in [-0.25, -0.2) is 0 Å². The molecule has 2 heterocycles. The summed E-state index contributed by atoms with van der Waals surface area (Å²) in [4.78, 5) is 7.63. The van der Waals surface area contributed by atoms with Gasteiger partial charge in [-0.05, 0) is 37.6 Å². The van der Waals surface area contributed by atoms with Gasteiger partial charge in [0.25, 0.3) is 0 Å². The van der Waals surface area contributed by atoms with E-state index in [0.717, 1.165) is 25.3 Å². The molecule has 0 bridgehead atoms. The molecule has 1 aromatic carbocycles. The minimum Gasteiger partial charge on any atom is -0.367 e. The molecule has 1 fully saturated rings. The molecule has 1 aromatic heterocycles. The minimum atomic E-state index is 0.370. The number of hydrogen-bond donors (Lipinski definition) is 1. The average molecular weight is 324 g/mol. The van der Waals surface area contributed by atoms with E-state index in [-0.39, 0.29) is 0 Å². The Morgan fingerprint density at radius 2 is 2.13 bits per heavy atom. The van der Waals surface area contributed by atoms with Crippen molar-refractivity contribution in [2.45, 2.75) is 19.9 Å². The number of nitrogens with one attached hydrogen (secondary N) is 1. The quantitative estimate of drug-likeness (QED) is 0.857. The van der Waals surface area contributed by atoms with Crippen molar-refractivity contribution in [3.8, 4) is 6.07 Å². The molecule has 1 N–H and O–H groups in total. The van der Waals surface area contributed by atoms with E-state index in [1.165, 1.54) is 11.3 Å². The van der Waals surface area contributed by atoms with Crippen molar-refractivity contribution in [1.29, 1.82) is 5.26 Å². The van der Waals surface area contributed by atoms with Crippen molar-refractivity contribution in [3.63, 3.8) is 0 Å². The summed E-state index contributed by atoms with van der Waals surface area (Å²) in [5, 5.41) is 9.38. The summed E-state index contributed by atoms with van der Waals surface area (Å²) in [5.41, 5.74) is 4.05. The first-order chi connectivity index (χ1) is 11.1. The van der Waals surface area contributed by atoms with Crippen LogP contribution >= 0.6 is 12.2 Å². The number of benzene rings is 1. The number of nitriles is 1. The molecule has 1 saturated heterocycles. The zero-order valence-electron chi connectivity index (χ0n) is 13.4. The number of aromatic amines is 1. The van der Waals surface area contributed by atoms with E-state index in [1.54, 1.807) is 0 Å². The van der Waals surface area contributed by atoms with E-state index in [9.17, 15) is 5.26 Å². The molecule has 0 saturated carbocycles. The molecule has 118 valence electrons. The van der Waals surface area contributed by atoms with Crippen molar-refractivity contribution in [2.75, 3.05) is 29.4 Å². The van der Waals surface area contributed by atoms with Gasteiger partial charge in [0.1, 0.15) is 16.3 Å². The topological polar surface area (TPSA) is 46.1 Å². The average Bonchev–Trinajstić information content (AvgIpc) is 2.54. The number of rotatable bonds is 2. The molecule has 1 atom stereocenters. The molecule has 1 aliphatic heterocycles. The first-order valence-corrected chi connectivity index (χ1v) is 8.21. The largest absolute Gasteiger partial charge is 0.367 e. The lowest BCUT2D eigenvalue weighted by Crippen LogP contribution is -2.52. The van der Waals surface area contributed by atoms with Gasteiger partial charge in [0.15, 0.2) is 0 Å². The Hall–Kier alpha value is -2.32. The fraction of sp³-hybridized carbons (Fsp3) is 0.333. The SMILES string of the molecule is Cc1cccc(N2CCN(c3cc[nH]c(=S)c3C#N)CC2C)c1. The third-order valence-electron chi connectivity index (χ3n) is 4.35. The summed E-state index contributed by atoms with van der Waals surface area (Å²) >= 11 is 5.24. The van der Waals surface area contributed by atoms with Crippen molar-refractivity contribution < 1.29 is 0 Å². The van der Waals surface area contributed by atoms with Gasteiger partial charge in [-0.15, -0.1) is 0 Å². The Kier molecular flexibility index (Phi) is 4.35. The van der Waals surface area contributed by atoms with Crippen molar-refractivity contribution in [3.05, 3.63) is 52.3 Å². The van der Waals surface area contributed by atoms with Gasteiger partial charge in [0.05, 0.1) is 5.69 Å². The van der Waals surface area contributed by atoms with E-state index in [2.05, 4.69) is 59.0 Å². The molecule has 0 spiro atoms. The van der Waals surface area contributed by atoms with Crippen LogP contribution < -0.4 is 9.80 Å². The van der Waals surface area contributed by atoms with Gasteiger partial charge < -0.3 is 14.8 Å². The highest BCUT2D eigenvalue weighted by Crippen LogP contribution is 2.26. The zero-order chi connectivity index (χ0) is 16.4. The molecule has 5 heteroatoms. The van der Waals surface area contributed by atoms with Crippen LogP contribution in [0.25, 0.3) is 0 Å². The van der Waals surface area contributed by atoms with Crippen LogP contribution in [0.3, 0.4) is 0 Å². The van der Waals surface area contributed by atoms with Gasteiger partial charge in [-0.1, -0.05) is 24.4 Å². The summed E-state index contributed by atoms with van der Waals surface area (Å²) in [6.07, 6.45) is 1.82. The van der Waals surface area contributed by atoms with Crippen LogP contribution in [-0.4, -0.2) is 30.7 Å². The molecule has 1 aliphatic rings. The Labute approximate surface area is 142 Å². The van der Waals surface area contributed by atoms with E-state index in [4.69, 9.17) is 12.2 Å². The number of piperazine rings is 1. The molecule has 4 nitrogen and oxygen atoms in total. The molecule has 23 heavy (non-hydrogen) atoms. The van der Waals surface area contributed by atoms with E-state index < -0.39 is 0 Å². The monoisotopic (exact) mass is 324 g/mol. The van der Waals surface area contributed by atoms with Crippen LogP contribution in [0.1, 0.15) is 18.1 Å². The van der Waals surface area contributed by atoms with Crippen LogP contribution in [0.4, 0.5) is 11.4 Å². The van der Waals surface area contributed by atoms with Crippen LogP contribution in [-0.2, 0) is 0 Å². The normalized spacial score (nSPS) is 17.9.